The van der Waals surface area contributed by atoms with Gasteiger partial charge in [0.15, 0.2) is 0 Å². The van der Waals surface area contributed by atoms with Gasteiger partial charge in [-0.25, -0.2) is 0 Å². The summed E-state index contributed by atoms with van der Waals surface area (Å²) in [5.74, 6) is 1.56. The third-order valence-electron chi connectivity index (χ3n) is 3.95. The molecular weight excluding hydrogens is 410 g/mol. The van der Waals surface area contributed by atoms with E-state index in [1.54, 1.807) is 0 Å². The highest BCUT2D eigenvalue weighted by Crippen LogP contribution is 2.25. The van der Waals surface area contributed by atoms with Gasteiger partial charge in [-0.15, -0.1) is 0 Å². The van der Waals surface area contributed by atoms with Gasteiger partial charge in [0.1, 0.15) is 11.5 Å². The SMILES string of the molecule is CN(C(=S)Oc1ccc(C(C)(C)C)cc1)c1cccc(OCCCBr)c1. The summed E-state index contributed by atoms with van der Waals surface area (Å²) in [7, 11) is 1.89. The largest absolute Gasteiger partial charge is 0.493 e. The molecule has 0 aliphatic heterocycles. The number of halogens is 1. The van der Waals surface area contributed by atoms with Gasteiger partial charge in [-0.1, -0.05) is 54.9 Å². The van der Waals surface area contributed by atoms with Gasteiger partial charge in [0.25, 0.3) is 5.17 Å². The minimum Gasteiger partial charge on any atom is -0.493 e. The summed E-state index contributed by atoms with van der Waals surface area (Å²) in [4.78, 5) is 1.84. The Morgan fingerprint density at radius 3 is 2.38 bits per heavy atom. The highest BCUT2D eigenvalue weighted by atomic mass is 79.9. The van der Waals surface area contributed by atoms with Crippen molar-refractivity contribution in [3.05, 3.63) is 54.1 Å². The van der Waals surface area contributed by atoms with E-state index >= 15 is 0 Å². The molecule has 0 spiro atoms. The van der Waals surface area contributed by atoms with Crippen LogP contribution in [0.25, 0.3) is 0 Å². The highest BCUT2D eigenvalue weighted by Gasteiger charge is 2.14. The van der Waals surface area contributed by atoms with Crippen molar-refractivity contribution < 1.29 is 9.47 Å². The van der Waals surface area contributed by atoms with Gasteiger partial charge < -0.3 is 14.4 Å². The van der Waals surface area contributed by atoms with Crippen molar-refractivity contribution in [2.45, 2.75) is 32.6 Å². The van der Waals surface area contributed by atoms with E-state index in [0.29, 0.717) is 11.8 Å². The molecule has 0 saturated carbocycles. The number of hydrogen-bond acceptors (Lipinski definition) is 3. The summed E-state index contributed by atoms with van der Waals surface area (Å²) in [6.07, 6.45) is 0.964. The molecule has 2 aromatic carbocycles. The third kappa shape index (κ3) is 5.99. The lowest BCUT2D eigenvalue weighted by atomic mass is 9.87. The molecule has 2 rings (SSSR count). The van der Waals surface area contributed by atoms with Crippen molar-refractivity contribution in [1.29, 1.82) is 0 Å². The first-order valence-electron chi connectivity index (χ1n) is 8.66. The number of thiocarbonyl (C=S) groups is 1. The lowest BCUT2D eigenvalue weighted by Gasteiger charge is -2.22. The monoisotopic (exact) mass is 435 g/mol. The van der Waals surface area contributed by atoms with Crippen LogP contribution < -0.4 is 14.4 Å². The molecule has 2 aromatic rings. The first-order chi connectivity index (χ1) is 12.3. The summed E-state index contributed by atoms with van der Waals surface area (Å²) in [5, 5.41) is 1.32. The van der Waals surface area contributed by atoms with Crippen LogP contribution in [0.4, 0.5) is 5.69 Å². The second-order valence-corrected chi connectivity index (χ2v) is 8.23. The number of rotatable bonds is 6. The summed E-state index contributed by atoms with van der Waals surface area (Å²) in [6.45, 7) is 7.25. The molecule has 3 nitrogen and oxygen atoms in total. The maximum absolute atomic E-state index is 5.85. The van der Waals surface area contributed by atoms with E-state index in [1.807, 2.05) is 48.3 Å². The predicted octanol–water partition coefficient (Wildman–Crippen LogP) is 5.95. The molecular formula is C21H26BrNO2S. The number of benzene rings is 2. The molecule has 0 heterocycles. The Morgan fingerprint density at radius 2 is 1.77 bits per heavy atom. The van der Waals surface area contributed by atoms with Crippen LogP contribution in [0.3, 0.4) is 0 Å². The van der Waals surface area contributed by atoms with Crippen molar-refractivity contribution >= 4 is 39.0 Å². The molecule has 0 bridgehead atoms. The summed E-state index contributed by atoms with van der Waals surface area (Å²) in [5.41, 5.74) is 2.31. The van der Waals surface area contributed by atoms with Gasteiger partial charge in [-0.3, -0.25) is 0 Å². The average Bonchev–Trinajstić information content (AvgIpc) is 2.61. The lowest BCUT2D eigenvalue weighted by Crippen LogP contribution is -2.29. The Bertz CT molecular complexity index is 726. The third-order valence-corrected chi connectivity index (χ3v) is 4.87. The van der Waals surface area contributed by atoms with Crippen molar-refractivity contribution in [3.63, 3.8) is 0 Å². The minimum atomic E-state index is 0.116. The Labute approximate surface area is 170 Å². The Balaban J connectivity index is 2.02. The fourth-order valence-corrected chi connectivity index (χ4v) is 2.75. The molecule has 26 heavy (non-hydrogen) atoms. The number of hydrogen-bond donors (Lipinski definition) is 0. The number of ether oxygens (including phenoxy) is 2. The van der Waals surface area contributed by atoms with Gasteiger partial charge >= 0.3 is 0 Å². The first kappa shape index (κ1) is 20.7. The van der Waals surface area contributed by atoms with Crippen molar-refractivity contribution in [3.8, 4) is 11.5 Å². The summed E-state index contributed by atoms with van der Waals surface area (Å²) >= 11 is 8.86. The average molecular weight is 436 g/mol. The highest BCUT2D eigenvalue weighted by molar-refractivity contribution is 9.09. The number of alkyl halides is 1. The van der Waals surface area contributed by atoms with Gasteiger partial charge in [-0.2, -0.15) is 0 Å². The Hall–Kier alpha value is -1.59. The van der Waals surface area contributed by atoms with Crippen LogP contribution in [-0.2, 0) is 5.41 Å². The fraction of sp³-hybridized carbons (Fsp3) is 0.381. The van der Waals surface area contributed by atoms with Crippen molar-refractivity contribution in [1.82, 2.24) is 0 Å². The summed E-state index contributed by atoms with van der Waals surface area (Å²) < 4.78 is 11.6. The van der Waals surface area contributed by atoms with Crippen LogP contribution in [0, 0.1) is 0 Å². The van der Waals surface area contributed by atoms with Crippen LogP contribution in [-0.4, -0.2) is 24.2 Å². The molecule has 0 amide bonds. The standard InChI is InChI=1S/C21H26BrNO2S/c1-21(2,3)16-9-11-18(12-10-16)25-20(26)23(4)17-7-5-8-19(15-17)24-14-6-13-22/h5,7-12,15H,6,13-14H2,1-4H3. The van der Waals surface area contributed by atoms with Crippen molar-refractivity contribution in [2.75, 3.05) is 23.9 Å². The quantitative estimate of drug-likeness (QED) is 0.317. The Morgan fingerprint density at radius 1 is 1.08 bits per heavy atom. The molecule has 0 fully saturated rings. The van der Waals surface area contributed by atoms with E-state index in [0.717, 1.165) is 28.9 Å². The second-order valence-electron chi connectivity index (χ2n) is 7.09. The zero-order valence-corrected chi connectivity index (χ0v) is 18.2. The topological polar surface area (TPSA) is 21.7 Å². The zero-order chi connectivity index (χ0) is 19.2. The molecule has 0 aromatic heterocycles. The maximum atomic E-state index is 5.85. The molecule has 5 heteroatoms. The van der Waals surface area contributed by atoms with E-state index in [4.69, 9.17) is 21.7 Å². The second kappa shape index (κ2) is 9.38. The van der Waals surface area contributed by atoms with Gasteiger partial charge in [0, 0.05) is 24.1 Å². The molecule has 0 aliphatic carbocycles. The molecule has 0 aliphatic rings. The molecule has 0 N–H and O–H groups in total. The van der Waals surface area contributed by atoms with E-state index in [-0.39, 0.29) is 5.41 Å². The van der Waals surface area contributed by atoms with Gasteiger partial charge in [-0.05, 0) is 53.9 Å². The van der Waals surface area contributed by atoms with Crippen LogP contribution in [0.2, 0.25) is 0 Å². The normalized spacial score (nSPS) is 11.1. The van der Waals surface area contributed by atoms with Crippen LogP contribution >= 0.6 is 28.1 Å². The lowest BCUT2D eigenvalue weighted by molar-refractivity contribution is 0.319. The van der Waals surface area contributed by atoms with E-state index in [9.17, 15) is 0 Å². The molecule has 0 radical (unpaired) electrons. The minimum absolute atomic E-state index is 0.116. The molecule has 0 unspecified atom stereocenters. The van der Waals surface area contributed by atoms with E-state index in [2.05, 4.69) is 48.8 Å². The van der Waals surface area contributed by atoms with Crippen molar-refractivity contribution in [2.24, 2.45) is 0 Å². The summed E-state index contributed by atoms with van der Waals surface area (Å²) in [6, 6.07) is 15.9. The van der Waals surface area contributed by atoms with E-state index < -0.39 is 0 Å². The Kier molecular flexibility index (Phi) is 7.47. The van der Waals surface area contributed by atoms with Gasteiger partial charge in [0.2, 0.25) is 0 Å². The van der Waals surface area contributed by atoms with Crippen LogP contribution in [0.1, 0.15) is 32.8 Å². The van der Waals surface area contributed by atoms with E-state index in [1.165, 1.54) is 5.56 Å². The zero-order valence-electron chi connectivity index (χ0n) is 15.8. The maximum Gasteiger partial charge on any atom is 0.269 e. The molecule has 0 atom stereocenters. The predicted molar refractivity (Wildman–Crippen MR) is 117 cm³/mol. The number of nitrogens with zero attached hydrogens (tertiary/aromatic N) is 1. The van der Waals surface area contributed by atoms with Crippen LogP contribution in [0.5, 0.6) is 11.5 Å². The molecule has 0 saturated heterocycles. The fourth-order valence-electron chi connectivity index (χ4n) is 2.32. The molecule has 140 valence electrons. The van der Waals surface area contributed by atoms with Gasteiger partial charge in [0.05, 0.1) is 6.61 Å². The van der Waals surface area contributed by atoms with Crippen LogP contribution in [0.15, 0.2) is 48.5 Å². The smallest absolute Gasteiger partial charge is 0.269 e. The first-order valence-corrected chi connectivity index (χ1v) is 10.2. The number of anilines is 1.